The van der Waals surface area contributed by atoms with Crippen molar-refractivity contribution in [1.82, 2.24) is 9.21 Å². The molecule has 0 saturated carbocycles. The van der Waals surface area contributed by atoms with Gasteiger partial charge in [-0.3, -0.25) is 4.79 Å². The van der Waals surface area contributed by atoms with Crippen molar-refractivity contribution in [1.29, 1.82) is 0 Å². The highest BCUT2D eigenvalue weighted by Crippen LogP contribution is 2.26. The van der Waals surface area contributed by atoms with Crippen molar-refractivity contribution < 1.29 is 13.2 Å². The molecule has 2 aromatic carbocycles. The largest absolute Gasteiger partial charge is 0.336 e. The molecule has 1 amide bonds. The summed E-state index contributed by atoms with van der Waals surface area (Å²) in [5.41, 5.74) is 4.44. The fourth-order valence-corrected chi connectivity index (χ4v) is 5.73. The first kappa shape index (κ1) is 20.6. The van der Waals surface area contributed by atoms with Gasteiger partial charge in [0.05, 0.1) is 4.90 Å². The molecule has 0 spiro atoms. The second-order valence-electron chi connectivity index (χ2n) is 7.47. The van der Waals surface area contributed by atoms with Gasteiger partial charge in [-0.2, -0.15) is 4.31 Å². The summed E-state index contributed by atoms with van der Waals surface area (Å²) in [6, 6.07) is 11.4. The molecule has 0 aromatic heterocycles. The van der Waals surface area contributed by atoms with E-state index in [0.29, 0.717) is 36.6 Å². The molecule has 150 valence electrons. The second kappa shape index (κ2) is 8.05. The highest BCUT2D eigenvalue weighted by atomic mass is 32.2. The molecular weight excluding hydrogens is 372 g/mol. The Hall–Kier alpha value is -2.18. The van der Waals surface area contributed by atoms with E-state index in [4.69, 9.17) is 0 Å². The molecule has 1 saturated heterocycles. The smallest absolute Gasteiger partial charge is 0.253 e. The minimum absolute atomic E-state index is 0.0394. The van der Waals surface area contributed by atoms with E-state index >= 15 is 0 Å². The maximum Gasteiger partial charge on any atom is 0.253 e. The lowest BCUT2D eigenvalue weighted by molar-refractivity contribution is 0.0698. The van der Waals surface area contributed by atoms with Crippen molar-refractivity contribution in [2.45, 2.75) is 39.0 Å². The van der Waals surface area contributed by atoms with Crippen LogP contribution in [0.2, 0.25) is 0 Å². The summed E-state index contributed by atoms with van der Waals surface area (Å²) in [7, 11) is -3.57. The number of carbonyl (C=O) groups excluding carboxylic acids is 1. The summed E-state index contributed by atoms with van der Waals surface area (Å²) in [6.07, 6.45) is 0.933. The van der Waals surface area contributed by atoms with Gasteiger partial charge >= 0.3 is 0 Å². The van der Waals surface area contributed by atoms with Crippen LogP contribution in [0.15, 0.2) is 41.3 Å². The molecule has 0 N–H and O–H groups in total. The highest BCUT2D eigenvalue weighted by molar-refractivity contribution is 7.89. The molecule has 28 heavy (non-hydrogen) atoms. The molecule has 0 radical (unpaired) electrons. The zero-order chi connectivity index (χ0) is 20.5. The third-order valence-corrected chi connectivity index (χ3v) is 7.54. The van der Waals surface area contributed by atoms with Gasteiger partial charge in [0, 0.05) is 31.7 Å². The van der Waals surface area contributed by atoms with Gasteiger partial charge in [-0.15, -0.1) is 0 Å². The SMILES string of the molecule is CCc1ccc(C(=O)N2CCN(S(=O)(=O)c3c(C)cc(C)cc3C)CC2)cc1. The molecule has 2 aromatic rings. The zero-order valence-corrected chi connectivity index (χ0v) is 17.8. The van der Waals surface area contributed by atoms with Gasteiger partial charge in [-0.05, 0) is 56.0 Å². The third kappa shape index (κ3) is 3.98. The molecule has 6 heteroatoms. The quantitative estimate of drug-likeness (QED) is 0.791. The van der Waals surface area contributed by atoms with Crippen LogP contribution in [-0.4, -0.2) is 49.7 Å². The minimum atomic E-state index is -3.57. The van der Waals surface area contributed by atoms with E-state index in [1.165, 1.54) is 9.87 Å². The monoisotopic (exact) mass is 400 g/mol. The van der Waals surface area contributed by atoms with Gasteiger partial charge in [0.1, 0.15) is 0 Å². The van der Waals surface area contributed by atoms with Gasteiger partial charge in [0.15, 0.2) is 0 Å². The van der Waals surface area contributed by atoms with Crippen molar-refractivity contribution >= 4 is 15.9 Å². The molecule has 0 bridgehead atoms. The number of sulfonamides is 1. The Labute approximate surface area is 168 Å². The van der Waals surface area contributed by atoms with Crippen LogP contribution in [0.3, 0.4) is 0 Å². The fourth-order valence-electron chi connectivity index (χ4n) is 3.90. The van der Waals surface area contributed by atoms with Crippen LogP contribution >= 0.6 is 0 Å². The summed E-state index contributed by atoms with van der Waals surface area (Å²) in [6.45, 7) is 9.15. The molecule has 3 rings (SSSR count). The lowest BCUT2D eigenvalue weighted by Crippen LogP contribution is -2.50. The summed E-state index contributed by atoms with van der Waals surface area (Å²) < 4.78 is 27.9. The molecule has 1 heterocycles. The van der Waals surface area contributed by atoms with Crippen molar-refractivity contribution in [3.63, 3.8) is 0 Å². The normalized spacial score (nSPS) is 15.6. The van der Waals surface area contributed by atoms with E-state index in [-0.39, 0.29) is 5.91 Å². The van der Waals surface area contributed by atoms with Crippen LogP contribution in [0.25, 0.3) is 0 Å². The molecule has 0 aliphatic carbocycles. The Kier molecular flexibility index (Phi) is 5.91. The number of hydrogen-bond donors (Lipinski definition) is 0. The van der Waals surface area contributed by atoms with E-state index in [0.717, 1.165) is 23.1 Å². The standard InChI is InChI=1S/C22H28N2O3S/c1-5-19-6-8-20(9-7-19)22(25)23-10-12-24(13-11-23)28(26,27)21-17(3)14-16(2)15-18(21)4/h6-9,14-15H,5,10-13H2,1-4H3. The second-order valence-corrected chi connectivity index (χ2v) is 9.35. The Morgan fingerprint density at radius 2 is 1.46 bits per heavy atom. The first-order chi connectivity index (χ1) is 13.2. The molecule has 1 aliphatic heterocycles. The first-order valence-corrected chi connectivity index (χ1v) is 11.1. The molecule has 1 fully saturated rings. The van der Waals surface area contributed by atoms with Gasteiger partial charge in [-0.25, -0.2) is 8.42 Å². The van der Waals surface area contributed by atoms with E-state index in [1.54, 1.807) is 4.90 Å². The van der Waals surface area contributed by atoms with Gasteiger partial charge in [0.2, 0.25) is 10.0 Å². The highest BCUT2D eigenvalue weighted by Gasteiger charge is 2.32. The molecule has 1 aliphatic rings. The van der Waals surface area contributed by atoms with Crippen molar-refractivity contribution in [3.05, 3.63) is 64.2 Å². The van der Waals surface area contributed by atoms with Crippen molar-refractivity contribution in [2.75, 3.05) is 26.2 Å². The number of piperazine rings is 1. The van der Waals surface area contributed by atoms with Crippen LogP contribution in [0, 0.1) is 20.8 Å². The van der Waals surface area contributed by atoms with E-state index in [2.05, 4.69) is 6.92 Å². The Bertz CT molecular complexity index is 950. The number of carbonyl (C=O) groups is 1. The van der Waals surface area contributed by atoms with Crippen LogP contribution in [0.4, 0.5) is 0 Å². The first-order valence-electron chi connectivity index (χ1n) is 9.70. The lowest BCUT2D eigenvalue weighted by atomic mass is 10.1. The predicted octanol–water partition coefficient (Wildman–Crippen LogP) is 3.32. The lowest BCUT2D eigenvalue weighted by Gasteiger charge is -2.34. The molecule has 0 atom stereocenters. The zero-order valence-electron chi connectivity index (χ0n) is 17.0. The minimum Gasteiger partial charge on any atom is -0.336 e. The molecule has 5 nitrogen and oxygen atoms in total. The number of benzene rings is 2. The molecular formula is C22H28N2O3S. The Morgan fingerprint density at radius 3 is 1.96 bits per heavy atom. The van der Waals surface area contributed by atoms with E-state index < -0.39 is 10.0 Å². The number of nitrogens with zero attached hydrogens (tertiary/aromatic N) is 2. The van der Waals surface area contributed by atoms with E-state index in [9.17, 15) is 13.2 Å². The summed E-state index contributed by atoms with van der Waals surface area (Å²) in [5, 5.41) is 0. The predicted molar refractivity (Wildman–Crippen MR) is 111 cm³/mol. The number of aryl methyl sites for hydroxylation is 4. The fraction of sp³-hybridized carbons (Fsp3) is 0.409. The van der Waals surface area contributed by atoms with Crippen LogP contribution < -0.4 is 0 Å². The summed E-state index contributed by atoms with van der Waals surface area (Å²) in [4.78, 5) is 14.9. The number of hydrogen-bond acceptors (Lipinski definition) is 3. The van der Waals surface area contributed by atoms with Gasteiger partial charge in [0.25, 0.3) is 5.91 Å². The topological polar surface area (TPSA) is 57.7 Å². The maximum atomic E-state index is 13.2. The summed E-state index contributed by atoms with van der Waals surface area (Å²) in [5.74, 6) is -0.0394. The Balaban J connectivity index is 1.73. The molecule has 0 unspecified atom stereocenters. The van der Waals surface area contributed by atoms with Crippen molar-refractivity contribution in [3.8, 4) is 0 Å². The van der Waals surface area contributed by atoms with Crippen molar-refractivity contribution in [2.24, 2.45) is 0 Å². The van der Waals surface area contributed by atoms with Crippen LogP contribution in [-0.2, 0) is 16.4 Å². The average molecular weight is 401 g/mol. The van der Waals surface area contributed by atoms with Gasteiger partial charge in [-0.1, -0.05) is 36.8 Å². The van der Waals surface area contributed by atoms with Crippen LogP contribution in [0.5, 0.6) is 0 Å². The van der Waals surface area contributed by atoms with Gasteiger partial charge < -0.3 is 4.90 Å². The van der Waals surface area contributed by atoms with E-state index in [1.807, 2.05) is 57.2 Å². The third-order valence-electron chi connectivity index (χ3n) is 5.34. The summed E-state index contributed by atoms with van der Waals surface area (Å²) >= 11 is 0. The Morgan fingerprint density at radius 1 is 0.929 bits per heavy atom. The van der Waals surface area contributed by atoms with Crippen LogP contribution in [0.1, 0.15) is 39.5 Å². The average Bonchev–Trinajstić information content (AvgIpc) is 2.66. The maximum absolute atomic E-state index is 13.2. The number of amides is 1. The number of rotatable bonds is 4.